The van der Waals surface area contributed by atoms with Crippen LogP contribution in [0.25, 0.3) is 6.08 Å². The van der Waals surface area contributed by atoms with E-state index in [1.807, 2.05) is 50.3 Å². The van der Waals surface area contributed by atoms with E-state index in [1.165, 1.54) is 11.0 Å². The molecule has 1 atom stereocenters. The average Bonchev–Trinajstić information content (AvgIpc) is 2.61. The van der Waals surface area contributed by atoms with Crippen LogP contribution in [0.5, 0.6) is 0 Å². The highest BCUT2D eigenvalue weighted by atomic mass is 16.3. The Morgan fingerprint density at radius 2 is 2.08 bits per heavy atom. The van der Waals surface area contributed by atoms with Crippen LogP contribution in [0.4, 0.5) is 11.4 Å². The smallest absolute Gasteiger partial charge is 0.248 e. The zero-order valence-electron chi connectivity index (χ0n) is 13.8. The molecule has 1 aliphatic rings. The summed E-state index contributed by atoms with van der Waals surface area (Å²) in [7, 11) is 2.03. The Hall–Kier alpha value is -2.53. The molecule has 1 amide bonds. The molecule has 122 valence electrons. The molecule has 0 radical (unpaired) electrons. The fourth-order valence-electron chi connectivity index (χ4n) is 2.80. The van der Waals surface area contributed by atoms with Gasteiger partial charge in [0.1, 0.15) is 7.85 Å². The maximum absolute atomic E-state index is 12.1. The minimum absolute atomic E-state index is 0.153. The first-order chi connectivity index (χ1) is 11.6. The number of hydrogen-bond donors (Lipinski definition) is 3. The van der Waals surface area contributed by atoms with Gasteiger partial charge in [-0.1, -0.05) is 35.8 Å². The Morgan fingerprint density at radius 1 is 1.29 bits per heavy atom. The van der Waals surface area contributed by atoms with Crippen LogP contribution < -0.4 is 16.1 Å². The molecule has 0 saturated heterocycles. The van der Waals surface area contributed by atoms with Crippen molar-refractivity contribution in [1.29, 1.82) is 0 Å². The molecule has 1 unspecified atom stereocenters. The van der Waals surface area contributed by atoms with Crippen molar-refractivity contribution >= 4 is 36.7 Å². The van der Waals surface area contributed by atoms with Crippen molar-refractivity contribution in [3.63, 3.8) is 0 Å². The number of amides is 1. The molecule has 0 bridgehead atoms. The van der Waals surface area contributed by atoms with Crippen molar-refractivity contribution in [2.45, 2.75) is 6.42 Å². The molecule has 0 spiro atoms. The third-order valence-electron chi connectivity index (χ3n) is 4.23. The van der Waals surface area contributed by atoms with Crippen molar-refractivity contribution in [3.05, 3.63) is 59.7 Å². The van der Waals surface area contributed by atoms with Crippen LogP contribution in [0.1, 0.15) is 11.1 Å². The normalized spacial score (nSPS) is 16.5. The minimum atomic E-state index is -0.153. The first kappa shape index (κ1) is 16.3. The van der Waals surface area contributed by atoms with Gasteiger partial charge in [-0.05, 0) is 35.8 Å². The van der Waals surface area contributed by atoms with Gasteiger partial charge in [0.2, 0.25) is 5.91 Å². The second-order valence-electron chi connectivity index (χ2n) is 6.24. The van der Waals surface area contributed by atoms with Gasteiger partial charge in [-0.2, -0.15) is 0 Å². The maximum Gasteiger partial charge on any atom is 0.248 e. The number of rotatable bonds is 4. The van der Waals surface area contributed by atoms with E-state index < -0.39 is 0 Å². The van der Waals surface area contributed by atoms with Gasteiger partial charge in [-0.25, -0.2) is 0 Å². The van der Waals surface area contributed by atoms with E-state index in [4.69, 9.17) is 0 Å². The molecule has 0 aliphatic carbocycles. The largest absolute Gasteiger partial charge is 0.396 e. The van der Waals surface area contributed by atoms with Gasteiger partial charge in [-0.15, -0.1) is 0 Å². The number of anilines is 2. The number of carbonyl (C=O) groups excluding carboxylic acids is 1. The van der Waals surface area contributed by atoms with E-state index in [0.29, 0.717) is 0 Å². The highest BCUT2D eigenvalue weighted by Gasteiger charge is 2.17. The van der Waals surface area contributed by atoms with Crippen LogP contribution in [-0.2, 0) is 11.2 Å². The van der Waals surface area contributed by atoms with Gasteiger partial charge in [0, 0.05) is 36.5 Å². The minimum Gasteiger partial charge on any atom is -0.396 e. The summed E-state index contributed by atoms with van der Waals surface area (Å²) in [6.45, 7) is 0.947. The Morgan fingerprint density at radius 3 is 2.83 bits per heavy atom. The third kappa shape index (κ3) is 4.06. The molecule has 1 heterocycles. The molecular formula is C19H21BN2O2. The number of aliphatic hydroxyl groups excluding tert-OH is 1. The molecule has 3 rings (SSSR count). The van der Waals surface area contributed by atoms with Crippen LogP contribution in [-0.4, -0.2) is 32.0 Å². The molecule has 0 fully saturated rings. The highest BCUT2D eigenvalue weighted by Crippen LogP contribution is 2.27. The van der Waals surface area contributed by atoms with E-state index in [2.05, 4.69) is 10.6 Å². The molecule has 0 saturated carbocycles. The van der Waals surface area contributed by atoms with E-state index in [-0.39, 0.29) is 18.4 Å². The second-order valence-corrected chi connectivity index (χ2v) is 6.24. The molecule has 3 N–H and O–H groups in total. The predicted molar refractivity (Wildman–Crippen MR) is 101 cm³/mol. The Kier molecular flexibility index (Phi) is 5.01. The Balaban J connectivity index is 1.63. The van der Waals surface area contributed by atoms with E-state index >= 15 is 0 Å². The van der Waals surface area contributed by atoms with Crippen LogP contribution in [0.15, 0.2) is 48.5 Å². The monoisotopic (exact) mass is 320 g/mol. The molecule has 24 heavy (non-hydrogen) atoms. The summed E-state index contributed by atoms with van der Waals surface area (Å²) in [5.74, 6) is 0.106. The summed E-state index contributed by atoms with van der Waals surface area (Å²) in [5.41, 5.74) is 5.16. The van der Waals surface area contributed by atoms with Crippen LogP contribution in [0.2, 0.25) is 0 Å². The number of nitrogens with one attached hydrogen (secondary N) is 2. The van der Waals surface area contributed by atoms with Crippen molar-refractivity contribution in [3.8, 4) is 0 Å². The molecule has 4 nitrogen and oxygen atoms in total. The zero-order valence-corrected chi connectivity index (χ0v) is 13.8. The highest BCUT2D eigenvalue weighted by molar-refractivity contribution is 6.32. The first-order valence-electron chi connectivity index (χ1n) is 8.17. The molecule has 5 heteroatoms. The fourth-order valence-corrected chi connectivity index (χ4v) is 2.80. The Labute approximate surface area is 143 Å². The number of hydrogen-bond acceptors (Lipinski definition) is 3. The third-order valence-corrected chi connectivity index (χ3v) is 4.23. The molecular weight excluding hydrogens is 299 g/mol. The summed E-state index contributed by atoms with van der Waals surface area (Å²) in [5, 5.41) is 15.4. The lowest BCUT2D eigenvalue weighted by Gasteiger charge is -2.25. The van der Waals surface area contributed by atoms with Crippen LogP contribution >= 0.6 is 0 Å². The zero-order chi connectivity index (χ0) is 16.9. The van der Waals surface area contributed by atoms with E-state index in [0.717, 1.165) is 29.9 Å². The molecule has 1 aliphatic heterocycles. The Bertz CT molecular complexity index is 756. The van der Waals surface area contributed by atoms with Gasteiger partial charge in [0.15, 0.2) is 0 Å². The van der Waals surface area contributed by atoms with Crippen molar-refractivity contribution < 1.29 is 9.90 Å². The van der Waals surface area contributed by atoms with E-state index in [9.17, 15) is 9.90 Å². The van der Waals surface area contributed by atoms with Gasteiger partial charge in [0.05, 0.1) is 0 Å². The lowest BCUT2D eigenvalue weighted by molar-refractivity contribution is -0.111. The summed E-state index contributed by atoms with van der Waals surface area (Å²) in [4.78, 5) is 12.1. The van der Waals surface area contributed by atoms with Gasteiger partial charge in [0.25, 0.3) is 0 Å². The molecule has 2 aromatic carbocycles. The summed E-state index contributed by atoms with van der Waals surface area (Å²) >= 11 is 0. The van der Waals surface area contributed by atoms with Gasteiger partial charge >= 0.3 is 0 Å². The summed E-state index contributed by atoms with van der Waals surface area (Å²) in [6, 6.07) is 13.9. The van der Waals surface area contributed by atoms with Crippen LogP contribution in [0.3, 0.4) is 0 Å². The first-order valence-corrected chi connectivity index (χ1v) is 8.17. The molecule has 0 aromatic heterocycles. The number of carbonyl (C=O) groups is 1. The van der Waals surface area contributed by atoms with Crippen molar-refractivity contribution in [2.75, 3.05) is 23.8 Å². The average molecular weight is 320 g/mol. The quantitative estimate of drug-likeness (QED) is 0.585. The van der Waals surface area contributed by atoms with Crippen LogP contribution in [0, 0.1) is 5.92 Å². The van der Waals surface area contributed by atoms with Gasteiger partial charge in [-0.3, -0.25) is 4.79 Å². The number of benzene rings is 2. The van der Waals surface area contributed by atoms with E-state index in [1.54, 1.807) is 12.2 Å². The fraction of sp³-hybridized carbons (Fsp3) is 0.211. The number of aliphatic hydroxyl groups is 1. The molecule has 2 aromatic rings. The SMILES string of the molecule is Bc1ccc(/C=C/C(=O)Nc2ccc3c(c2)NCC(CO)C3)cc1. The van der Waals surface area contributed by atoms with Gasteiger partial charge < -0.3 is 15.7 Å². The maximum atomic E-state index is 12.1. The lowest BCUT2D eigenvalue weighted by atomic mass is 9.94. The predicted octanol–water partition coefficient (Wildman–Crippen LogP) is 1.17. The summed E-state index contributed by atoms with van der Waals surface area (Å²) < 4.78 is 0. The standard InChI is InChI=1S/C19H21BN2O2/c20-16-5-1-13(2-6-16)3-8-19(24)22-17-7-4-15-9-14(12-23)11-21-18(15)10-17/h1-8,10,14,21,23H,9,11-12,20H2,(H,22,24)/b8-3+. The number of fused-ring (bicyclic) bond motifs is 1. The lowest BCUT2D eigenvalue weighted by Crippen LogP contribution is -2.25. The van der Waals surface area contributed by atoms with Crippen molar-refractivity contribution in [1.82, 2.24) is 0 Å². The second kappa shape index (κ2) is 7.36. The topological polar surface area (TPSA) is 61.4 Å². The summed E-state index contributed by atoms with van der Waals surface area (Å²) in [6.07, 6.45) is 4.21. The van der Waals surface area contributed by atoms with Crippen molar-refractivity contribution in [2.24, 2.45) is 5.92 Å².